The summed E-state index contributed by atoms with van der Waals surface area (Å²) in [5, 5.41) is 3.29. The molecular formula is C25H30N6S2. The highest BCUT2D eigenvalue weighted by atomic mass is 32.1. The molecule has 33 heavy (non-hydrogen) atoms. The van der Waals surface area contributed by atoms with Crippen molar-refractivity contribution in [1.82, 2.24) is 24.4 Å². The van der Waals surface area contributed by atoms with Gasteiger partial charge in [0.15, 0.2) is 5.82 Å². The molecule has 2 aliphatic rings. The van der Waals surface area contributed by atoms with Crippen molar-refractivity contribution in [2.75, 3.05) is 37.6 Å². The molecule has 1 saturated heterocycles. The molecule has 0 amide bonds. The fraction of sp³-hybridized carbons (Fsp3) is 0.480. The number of rotatable bonds is 5. The molecule has 0 spiro atoms. The van der Waals surface area contributed by atoms with E-state index in [2.05, 4.69) is 45.7 Å². The van der Waals surface area contributed by atoms with Crippen LogP contribution in [0.5, 0.6) is 0 Å². The number of thiazole rings is 1. The van der Waals surface area contributed by atoms with Gasteiger partial charge >= 0.3 is 0 Å². The molecule has 0 N–H and O–H groups in total. The minimum absolute atomic E-state index is 1.02. The van der Waals surface area contributed by atoms with Crippen LogP contribution in [0.2, 0.25) is 0 Å². The van der Waals surface area contributed by atoms with Gasteiger partial charge in [0.1, 0.15) is 22.4 Å². The summed E-state index contributed by atoms with van der Waals surface area (Å²) in [6.45, 7) is 10.7. The lowest BCUT2D eigenvalue weighted by Gasteiger charge is -2.35. The molecule has 0 aromatic carbocycles. The highest BCUT2D eigenvalue weighted by Crippen LogP contribution is 2.41. The minimum Gasteiger partial charge on any atom is -0.352 e. The van der Waals surface area contributed by atoms with Crippen LogP contribution in [0, 0.1) is 13.8 Å². The Morgan fingerprint density at radius 3 is 2.67 bits per heavy atom. The topological polar surface area (TPSA) is 50.1 Å². The summed E-state index contributed by atoms with van der Waals surface area (Å²) >= 11 is 3.67. The summed E-state index contributed by atoms with van der Waals surface area (Å²) in [4.78, 5) is 22.4. The van der Waals surface area contributed by atoms with E-state index in [0.29, 0.717) is 0 Å². The first-order valence-corrected chi connectivity index (χ1v) is 13.7. The maximum absolute atomic E-state index is 4.93. The van der Waals surface area contributed by atoms with Crippen LogP contribution in [0.25, 0.3) is 21.6 Å². The minimum atomic E-state index is 1.02. The van der Waals surface area contributed by atoms with Crippen molar-refractivity contribution < 1.29 is 0 Å². The van der Waals surface area contributed by atoms with Gasteiger partial charge < -0.3 is 9.47 Å². The fourth-order valence-corrected chi connectivity index (χ4v) is 6.90. The van der Waals surface area contributed by atoms with Crippen LogP contribution in [-0.4, -0.2) is 57.1 Å². The summed E-state index contributed by atoms with van der Waals surface area (Å²) in [6.07, 6.45) is 6.47. The molecule has 0 radical (unpaired) electrons. The molecule has 2 aliphatic heterocycles. The zero-order valence-corrected chi connectivity index (χ0v) is 21.0. The Labute approximate surface area is 202 Å². The van der Waals surface area contributed by atoms with Crippen LogP contribution in [0.1, 0.15) is 34.0 Å². The lowest BCUT2D eigenvalue weighted by atomic mass is 10.1. The first-order valence-electron chi connectivity index (χ1n) is 12.0. The van der Waals surface area contributed by atoms with Crippen molar-refractivity contribution in [2.45, 2.75) is 46.1 Å². The van der Waals surface area contributed by atoms with Crippen LogP contribution >= 0.6 is 22.7 Å². The number of hydrogen-bond donors (Lipinski definition) is 0. The number of fused-ring (bicyclic) bond motifs is 3. The monoisotopic (exact) mass is 478 g/mol. The maximum atomic E-state index is 4.93. The number of nitrogens with zero attached hydrogens (tertiary/aromatic N) is 6. The second-order valence-electron chi connectivity index (χ2n) is 9.14. The van der Waals surface area contributed by atoms with Gasteiger partial charge in [0, 0.05) is 54.7 Å². The van der Waals surface area contributed by atoms with E-state index in [9.17, 15) is 0 Å². The van der Waals surface area contributed by atoms with Crippen LogP contribution < -0.4 is 4.90 Å². The number of thiophene rings is 1. The van der Waals surface area contributed by atoms with E-state index in [-0.39, 0.29) is 0 Å². The quantitative estimate of drug-likeness (QED) is 0.407. The number of anilines is 1. The smallest absolute Gasteiger partial charge is 0.156 e. The molecular weight excluding hydrogens is 448 g/mol. The van der Waals surface area contributed by atoms with E-state index in [1.54, 1.807) is 17.7 Å². The summed E-state index contributed by atoms with van der Waals surface area (Å²) in [5.41, 5.74) is 6.10. The van der Waals surface area contributed by atoms with Crippen molar-refractivity contribution in [3.05, 3.63) is 45.0 Å². The molecule has 0 bridgehead atoms. The van der Waals surface area contributed by atoms with Gasteiger partial charge in [0.05, 0.1) is 11.3 Å². The van der Waals surface area contributed by atoms with Gasteiger partial charge in [0.25, 0.3) is 0 Å². The molecule has 0 unspecified atom stereocenters. The Balaban J connectivity index is 1.31. The third kappa shape index (κ3) is 3.88. The van der Waals surface area contributed by atoms with Gasteiger partial charge in [-0.05, 0) is 51.0 Å². The normalized spacial score (nSPS) is 17.1. The Bertz CT molecular complexity index is 1240. The third-order valence-corrected chi connectivity index (χ3v) is 9.16. The molecule has 4 aromatic heterocycles. The predicted octanol–water partition coefficient (Wildman–Crippen LogP) is 4.93. The van der Waals surface area contributed by atoms with Gasteiger partial charge in [0.2, 0.25) is 0 Å². The molecule has 6 nitrogen and oxygen atoms in total. The number of aryl methyl sites for hydroxylation is 3. The standard InChI is InChI=1S/C25H30N6S2/c1-17-18(2)33-25(28-17)21-20-7-3-4-9-31(20)23-22(21)26-16-27-24(23)30-13-11-29(12-14-30)10-8-19-6-5-15-32-19/h5-6,15-16H,3-4,7-14H2,1-2H3. The molecule has 0 saturated carbocycles. The first kappa shape index (κ1) is 21.3. The van der Waals surface area contributed by atoms with Crippen molar-refractivity contribution in [3.8, 4) is 10.6 Å². The zero-order valence-electron chi connectivity index (χ0n) is 19.4. The molecule has 0 aliphatic carbocycles. The Hall–Kier alpha value is -2.29. The second kappa shape index (κ2) is 8.81. The molecule has 4 aromatic rings. The summed E-state index contributed by atoms with van der Waals surface area (Å²) in [6, 6.07) is 4.40. The molecule has 1 fully saturated rings. The number of piperazine rings is 1. The Morgan fingerprint density at radius 2 is 1.91 bits per heavy atom. The van der Waals surface area contributed by atoms with Crippen LogP contribution in [-0.2, 0) is 19.4 Å². The Kier molecular flexibility index (Phi) is 5.68. The average Bonchev–Trinajstić information content (AvgIpc) is 3.56. The summed E-state index contributed by atoms with van der Waals surface area (Å²) in [7, 11) is 0. The van der Waals surface area contributed by atoms with Gasteiger partial charge in [-0.3, -0.25) is 4.90 Å². The van der Waals surface area contributed by atoms with Crippen molar-refractivity contribution in [3.63, 3.8) is 0 Å². The largest absolute Gasteiger partial charge is 0.352 e. The van der Waals surface area contributed by atoms with Gasteiger partial charge in [-0.15, -0.1) is 22.7 Å². The van der Waals surface area contributed by atoms with Crippen LogP contribution in [0.3, 0.4) is 0 Å². The van der Waals surface area contributed by atoms with Gasteiger partial charge in [-0.2, -0.15) is 0 Å². The van der Waals surface area contributed by atoms with E-state index in [1.165, 1.54) is 39.4 Å². The molecule has 6 heterocycles. The van der Waals surface area contributed by atoms with E-state index in [4.69, 9.17) is 15.0 Å². The molecule has 6 rings (SSSR count). The third-order valence-electron chi connectivity index (χ3n) is 7.14. The molecule has 8 heteroatoms. The number of hydrogen-bond acceptors (Lipinski definition) is 7. The van der Waals surface area contributed by atoms with Gasteiger partial charge in [-0.25, -0.2) is 15.0 Å². The second-order valence-corrected chi connectivity index (χ2v) is 11.4. The summed E-state index contributed by atoms with van der Waals surface area (Å²) in [5.74, 6) is 1.11. The van der Waals surface area contributed by atoms with Crippen molar-refractivity contribution in [2.24, 2.45) is 0 Å². The van der Waals surface area contributed by atoms with Crippen LogP contribution in [0.4, 0.5) is 5.82 Å². The predicted molar refractivity (Wildman–Crippen MR) is 138 cm³/mol. The zero-order chi connectivity index (χ0) is 22.4. The first-order chi connectivity index (χ1) is 16.2. The number of aromatic nitrogens is 4. The van der Waals surface area contributed by atoms with E-state index in [0.717, 1.165) is 74.1 Å². The Morgan fingerprint density at radius 1 is 1.03 bits per heavy atom. The van der Waals surface area contributed by atoms with Crippen LogP contribution in [0.15, 0.2) is 23.8 Å². The van der Waals surface area contributed by atoms with E-state index in [1.807, 2.05) is 11.3 Å². The lowest BCUT2D eigenvalue weighted by Crippen LogP contribution is -2.47. The maximum Gasteiger partial charge on any atom is 0.156 e. The average molecular weight is 479 g/mol. The SMILES string of the molecule is Cc1nc(-c2c3n(c4c(N5CCN(CCc6cccs6)CC5)ncnc24)CCCC3)sc1C. The van der Waals surface area contributed by atoms with Crippen molar-refractivity contribution >= 4 is 39.5 Å². The highest BCUT2D eigenvalue weighted by Gasteiger charge is 2.29. The highest BCUT2D eigenvalue weighted by molar-refractivity contribution is 7.15. The van der Waals surface area contributed by atoms with Gasteiger partial charge in [-0.1, -0.05) is 6.07 Å². The molecule has 0 atom stereocenters. The fourth-order valence-electron chi connectivity index (χ4n) is 5.22. The summed E-state index contributed by atoms with van der Waals surface area (Å²) < 4.78 is 2.51. The van der Waals surface area contributed by atoms with Crippen molar-refractivity contribution in [1.29, 1.82) is 0 Å². The molecule has 172 valence electrons. The van der Waals surface area contributed by atoms with E-state index >= 15 is 0 Å². The van der Waals surface area contributed by atoms with E-state index < -0.39 is 0 Å². The lowest BCUT2D eigenvalue weighted by molar-refractivity contribution is 0.261.